The van der Waals surface area contributed by atoms with E-state index in [0.29, 0.717) is 6.04 Å². The number of nitrogens with zero attached hydrogens (tertiary/aromatic N) is 1. The quantitative estimate of drug-likeness (QED) is 0.850. The van der Waals surface area contributed by atoms with Crippen molar-refractivity contribution in [1.82, 2.24) is 10.2 Å². The van der Waals surface area contributed by atoms with Crippen molar-refractivity contribution in [3.05, 3.63) is 22.4 Å². The van der Waals surface area contributed by atoms with Crippen LogP contribution in [0.1, 0.15) is 49.9 Å². The molecule has 1 aliphatic rings. The van der Waals surface area contributed by atoms with E-state index in [-0.39, 0.29) is 0 Å². The van der Waals surface area contributed by atoms with Gasteiger partial charge < -0.3 is 10.2 Å². The second-order valence-electron chi connectivity index (χ2n) is 6.03. The fourth-order valence-electron chi connectivity index (χ4n) is 3.07. The minimum absolute atomic E-state index is 0.517. The average molecular weight is 280 g/mol. The SMILES string of the molecule is CCC1CCC(NCC(c2cccs2)N(C)C)CC1. The lowest BCUT2D eigenvalue weighted by atomic mass is 9.84. The van der Waals surface area contributed by atoms with Crippen molar-refractivity contribution >= 4 is 11.3 Å². The first kappa shape index (κ1) is 15.0. The zero-order valence-electron chi connectivity index (χ0n) is 12.6. The van der Waals surface area contributed by atoms with Crippen molar-refractivity contribution in [2.45, 2.75) is 51.1 Å². The van der Waals surface area contributed by atoms with E-state index in [4.69, 9.17) is 0 Å². The minimum atomic E-state index is 0.517. The van der Waals surface area contributed by atoms with Gasteiger partial charge in [-0.2, -0.15) is 0 Å². The molecule has 1 aromatic rings. The maximum absolute atomic E-state index is 3.80. The Balaban J connectivity index is 1.80. The first-order valence-electron chi connectivity index (χ1n) is 7.64. The third-order valence-electron chi connectivity index (χ3n) is 4.52. The maximum atomic E-state index is 3.80. The third-order valence-corrected chi connectivity index (χ3v) is 5.49. The van der Waals surface area contributed by atoms with Crippen LogP contribution in [0.5, 0.6) is 0 Å². The van der Waals surface area contributed by atoms with Gasteiger partial charge in [-0.05, 0) is 57.1 Å². The molecule has 0 aromatic carbocycles. The van der Waals surface area contributed by atoms with Crippen LogP contribution in [0.4, 0.5) is 0 Å². The molecule has 0 spiro atoms. The summed E-state index contributed by atoms with van der Waals surface area (Å²) in [6.07, 6.45) is 6.92. The number of hydrogen-bond acceptors (Lipinski definition) is 3. The zero-order valence-corrected chi connectivity index (χ0v) is 13.4. The van der Waals surface area contributed by atoms with Crippen LogP contribution in [-0.4, -0.2) is 31.6 Å². The molecule has 0 bridgehead atoms. The molecular weight excluding hydrogens is 252 g/mol. The first-order chi connectivity index (χ1) is 9.20. The van der Waals surface area contributed by atoms with Crippen molar-refractivity contribution < 1.29 is 0 Å². The molecule has 1 aliphatic carbocycles. The Bertz CT molecular complexity index is 340. The molecule has 1 aromatic heterocycles. The lowest BCUT2D eigenvalue weighted by Gasteiger charge is -2.31. The Morgan fingerprint density at radius 3 is 2.58 bits per heavy atom. The van der Waals surface area contributed by atoms with E-state index in [0.717, 1.165) is 18.5 Å². The van der Waals surface area contributed by atoms with Crippen molar-refractivity contribution in [3.63, 3.8) is 0 Å². The molecule has 19 heavy (non-hydrogen) atoms. The van der Waals surface area contributed by atoms with Gasteiger partial charge in [-0.3, -0.25) is 0 Å². The van der Waals surface area contributed by atoms with E-state index in [9.17, 15) is 0 Å². The molecule has 0 amide bonds. The number of likely N-dealkylation sites (N-methyl/N-ethyl adjacent to an activating group) is 1. The summed E-state index contributed by atoms with van der Waals surface area (Å²) in [6.45, 7) is 3.41. The molecule has 1 heterocycles. The van der Waals surface area contributed by atoms with E-state index in [2.05, 4.69) is 48.7 Å². The first-order valence-corrected chi connectivity index (χ1v) is 8.51. The lowest BCUT2D eigenvalue weighted by molar-refractivity contribution is 0.246. The van der Waals surface area contributed by atoms with Gasteiger partial charge in [0.25, 0.3) is 0 Å². The molecule has 0 saturated heterocycles. The van der Waals surface area contributed by atoms with Crippen molar-refractivity contribution in [2.75, 3.05) is 20.6 Å². The Labute approximate surface area is 122 Å². The second-order valence-corrected chi connectivity index (χ2v) is 7.01. The van der Waals surface area contributed by atoms with Crippen LogP contribution in [0, 0.1) is 5.92 Å². The second kappa shape index (κ2) is 7.41. The molecule has 1 unspecified atom stereocenters. The normalized spacial score (nSPS) is 25.7. The molecule has 1 atom stereocenters. The van der Waals surface area contributed by atoms with Crippen molar-refractivity contribution in [1.29, 1.82) is 0 Å². The van der Waals surface area contributed by atoms with Gasteiger partial charge in [0.15, 0.2) is 0 Å². The predicted octanol–water partition coefficient (Wildman–Crippen LogP) is 3.91. The molecule has 0 aliphatic heterocycles. The Hall–Kier alpha value is -0.380. The van der Waals surface area contributed by atoms with E-state index in [1.54, 1.807) is 0 Å². The Morgan fingerprint density at radius 1 is 1.32 bits per heavy atom. The van der Waals surface area contributed by atoms with Crippen LogP contribution in [-0.2, 0) is 0 Å². The van der Waals surface area contributed by atoms with Crippen LogP contribution in [0.15, 0.2) is 17.5 Å². The van der Waals surface area contributed by atoms with Gasteiger partial charge in [0.1, 0.15) is 0 Å². The summed E-state index contributed by atoms with van der Waals surface area (Å²) in [6, 6.07) is 5.67. The number of nitrogens with one attached hydrogen (secondary N) is 1. The standard InChI is InChI=1S/C16H28N2S/c1-4-13-7-9-14(10-8-13)17-12-15(18(2)3)16-6-5-11-19-16/h5-6,11,13-15,17H,4,7-10,12H2,1-3H3. The van der Waals surface area contributed by atoms with Crippen molar-refractivity contribution in [3.8, 4) is 0 Å². The van der Waals surface area contributed by atoms with Gasteiger partial charge in [-0.1, -0.05) is 19.4 Å². The smallest absolute Gasteiger partial charge is 0.0561 e. The molecular formula is C16H28N2S. The maximum Gasteiger partial charge on any atom is 0.0561 e. The zero-order chi connectivity index (χ0) is 13.7. The molecule has 2 rings (SSSR count). The highest BCUT2D eigenvalue weighted by molar-refractivity contribution is 7.10. The lowest BCUT2D eigenvalue weighted by Crippen LogP contribution is -2.38. The fraction of sp³-hybridized carbons (Fsp3) is 0.750. The molecule has 0 radical (unpaired) electrons. The van der Waals surface area contributed by atoms with E-state index in [1.165, 1.54) is 37.0 Å². The summed E-state index contributed by atoms with van der Waals surface area (Å²) in [5, 5.41) is 5.98. The highest BCUT2D eigenvalue weighted by Gasteiger charge is 2.21. The van der Waals surface area contributed by atoms with Gasteiger partial charge >= 0.3 is 0 Å². The Kier molecular flexibility index (Phi) is 5.86. The summed E-state index contributed by atoms with van der Waals surface area (Å²) in [5.74, 6) is 0.986. The van der Waals surface area contributed by atoms with Crippen LogP contribution >= 0.6 is 11.3 Å². The topological polar surface area (TPSA) is 15.3 Å². The molecule has 1 N–H and O–H groups in total. The van der Waals surface area contributed by atoms with E-state index >= 15 is 0 Å². The number of thiophene rings is 1. The van der Waals surface area contributed by atoms with Crippen molar-refractivity contribution in [2.24, 2.45) is 5.92 Å². The van der Waals surface area contributed by atoms with Crippen LogP contribution in [0.3, 0.4) is 0 Å². The van der Waals surface area contributed by atoms with Crippen LogP contribution < -0.4 is 5.32 Å². The molecule has 1 fully saturated rings. The largest absolute Gasteiger partial charge is 0.312 e. The highest BCUT2D eigenvalue weighted by Crippen LogP contribution is 2.27. The molecule has 3 heteroatoms. The summed E-state index contributed by atoms with van der Waals surface area (Å²) < 4.78 is 0. The summed E-state index contributed by atoms with van der Waals surface area (Å²) in [5.41, 5.74) is 0. The van der Waals surface area contributed by atoms with Crippen LogP contribution in [0.2, 0.25) is 0 Å². The number of hydrogen-bond donors (Lipinski definition) is 1. The van der Waals surface area contributed by atoms with Gasteiger partial charge in [-0.15, -0.1) is 11.3 Å². The monoisotopic (exact) mass is 280 g/mol. The molecule has 108 valence electrons. The predicted molar refractivity (Wildman–Crippen MR) is 84.8 cm³/mol. The number of rotatable bonds is 6. The third kappa shape index (κ3) is 4.30. The van der Waals surface area contributed by atoms with Gasteiger partial charge in [0.05, 0.1) is 6.04 Å². The van der Waals surface area contributed by atoms with Gasteiger partial charge in [0.2, 0.25) is 0 Å². The summed E-state index contributed by atoms with van der Waals surface area (Å²) in [7, 11) is 4.36. The van der Waals surface area contributed by atoms with Crippen LogP contribution in [0.25, 0.3) is 0 Å². The molecule has 1 saturated carbocycles. The fourth-order valence-corrected chi connectivity index (χ4v) is 3.99. The summed E-state index contributed by atoms with van der Waals surface area (Å²) in [4.78, 5) is 3.80. The highest BCUT2D eigenvalue weighted by atomic mass is 32.1. The van der Waals surface area contributed by atoms with E-state index in [1.807, 2.05) is 11.3 Å². The van der Waals surface area contributed by atoms with Gasteiger partial charge in [-0.25, -0.2) is 0 Å². The van der Waals surface area contributed by atoms with E-state index < -0.39 is 0 Å². The average Bonchev–Trinajstić information content (AvgIpc) is 2.93. The molecule has 2 nitrogen and oxygen atoms in total. The summed E-state index contributed by atoms with van der Waals surface area (Å²) >= 11 is 1.87. The minimum Gasteiger partial charge on any atom is -0.312 e. The Morgan fingerprint density at radius 2 is 2.05 bits per heavy atom. The van der Waals surface area contributed by atoms with Gasteiger partial charge in [0, 0.05) is 17.5 Å².